The monoisotopic (exact) mass is 1310 g/mol. The molecule has 490 valence electrons. The molecular formula is C63H82N12O13S3. The average Bonchev–Trinajstić information content (AvgIpc) is 2.17. The summed E-state index contributed by atoms with van der Waals surface area (Å²) in [5, 5.41) is 49.1. The van der Waals surface area contributed by atoms with Gasteiger partial charge in [-0.3, -0.25) is 38.4 Å². The van der Waals surface area contributed by atoms with Gasteiger partial charge in [0.15, 0.2) is 0 Å². The lowest BCUT2D eigenvalue weighted by molar-refractivity contribution is -0.136. The standard InChI is InChI=1S/C63H82N12O13S3/c1-36(76)50-59(85)72-49(58(84)75-51(52(64)78)63(5,6)89)35-91-90-34-48(71-55(81)46(29-37-17-9-7-10-18-37)73-60(86)67-32-39-19-11-8-12-20-39)57(83)69-45(30-38-24-26-41(77)27-25-38)54(80)70-47(31-40-33-66-43-22-14-13-21-42(40)43)56(82)68-44(53(79)74-50)23-15-16-28-65-61(87)88-62(2,3)4/h7-14,17-22,24-27,33,36,44-51,66,76-77,89H,15-16,23,28-32,34-35H2,1-6H3,(H2,64,78)(H,65,87)(H,68,82)(H,69,83)(H,70,80)(H,71,81)(H,72,85)(H,74,79)(H,75,84)(H2,67,73,86)/t36-,44+,45+,46-,47-,48+,49+,50+,51-/m1/s1. The highest BCUT2D eigenvalue weighted by atomic mass is 33.1. The molecule has 0 aliphatic carbocycles. The van der Waals surface area contributed by atoms with E-state index in [1.54, 1.807) is 87.6 Å². The van der Waals surface area contributed by atoms with Gasteiger partial charge in [-0.1, -0.05) is 113 Å². The fraction of sp³-hybridized carbons (Fsp3) is 0.429. The molecule has 9 atom stereocenters. The van der Waals surface area contributed by atoms with Crippen molar-refractivity contribution < 1.29 is 62.9 Å². The van der Waals surface area contributed by atoms with Crippen LogP contribution < -0.4 is 58.9 Å². The number of primary amides is 1. The number of aromatic amines is 1. The van der Waals surface area contributed by atoms with Crippen LogP contribution in [-0.4, -0.2) is 157 Å². The van der Waals surface area contributed by atoms with Crippen LogP contribution in [-0.2, 0) is 68.9 Å². The Hall–Kier alpha value is -8.47. The Balaban J connectivity index is 1.42. The van der Waals surface area contributed by atoms with E-state index in [4.69, 9.17) is 10.5 Å². The van der Waals surface area contributed by atoms with Crippen molar-refractivity contribution in [1.82, 2.24) is 58.2 Å². The van der Waals surface area contributed by atoms with Gasteiger partial charge in [-0.25, -0.2) is 9.59 Å². The van der Waals surface area contributed by atoms with Gasteiger partial charge in [-0.15, -0.1) is 0 Å². The van der Waals surface area contributed by atoms with Crippen molar-refractivity contribution in [3.63, 3.8) is 0 Å². The maximum Gasteiger partial charge on any atom is 0.407 e. The van der Waals surface area contributed by atoms with Gasteiger partial charge in [0.05, 0.1) is 6.10 Å². The number of nitrogens with one attached hydrogen (secondary N) is 11. The predicted molar refractivity (Wildman–Crippen MR) is 350 cm³/mol. The number of ether oxygens (including phenoxy) is 1. The third-order valence-corrected chi connectivity index (χ3v) is 17.0. The van der Waals surface area contributed by atoms with E-state index < -0.39 is 124 Å². The average molecular weight is 1310 g/mol. The lowest BCUT2D eigenvalue weighted by atomic mass is 10.0. The van der Waals surface area contributed by atoms with Crippen LogP contribution in [0.1, 0.15) is 83.1 Å². The molecule has 0 spiro atoms. The Morgan fingerprint density at radius 2 is 1.27 bits per heavy atom. The molecule has 1 aromatic heterocycles. The van der Waals surface area contributed by atoms with E-state index >= 15 is 14.4 Å². The fourth-order valence-electron chi connectivity index (χ4n) is 9.55. The fourth-order valence-corrected chi connectivity index (χ4v) is 12.1. The summed E-state index contributed by atoms with van der Waals surface area (Å²) < 4.78 is 4.12. The summed E-state index contributed by atoms with van der Waals surface area (Å²) in [6.07, 6.45) is -0.861. The van der Waals surface area contributed by atoms with E-state index in [9.17, 15) is 43.8 Å². The van der Waals surface area contributed by atoms with Crippen LogP contribution in [0, 0.1) is 0 Å². The molecule has 0 unspecified atom stereocenters. The van der Waals surface area contributed by atoms with E-state index in [1.165, 1.54) is 45.0 Å². The van der Waals surface area contributed by atoms with Gasteiger partial charge in [0.2, 0.25) is 47.3 Å². The quantitative estimate of drug-likeness (QED) is 0.0285. The SMILES string of the molecule is C[C@@H](O)[C@@H]1NC(=O)[C@H](CCCCNC(=O)OC(C)(C)C)NC(=O)[C@@H](Cc2c[nH]c3ccccc23)NC(=O)[C@H](Cc2ccc(O)cc2)NC(=O)[C@@H](NC(=O)[C@@H](Cc2ccccc2)NC(=O)NCc2ccccc2)CSSC[C@@H](C(=O)N[C@H](C(N)=O)C(C)(C)S)NC1=O. The number of thiol groups is 1. The molecule has 28 heteroatoms. The molecule has 0 bridgehead atoms. The third kappa shape index (κ3) is 23.4. The summed E-state index contributed by atoms with van der Waals surface area (Å²) in [5.41, 5.74) is 8.06. The van der Waals surface area contributed by atoms with Crippen LogP contribution in [0.5, 0.6) is 5.75 Å². The van der Waals surface area contributed by atoms with Crippen LogP contribution in [0.4, 0.5) is 9.59 Å². The van der Waals surface area contributed by atoms with Crippen molar-refractivity contribution in [3.05, 3.63) is 138 Å². The van der Waals surface area contributed by atoms with Crippen LogP contribution in [0.3, 0.4) is 0 Å². The number of unbranched alkanes of at least 4 members (excludes halogenated alkanes) is 1. The summed E-state index contributed by atoms with van der Waals surface area (Å²) >= 11 is 4.47. The van der Waals surface area contributed by atoms with Gasteiger partial charge in [0.25, 0.3) is 0 Å². The topological polar surface area (TPSA) is 382 Å². The molecule has 0 saturated carbocycles. The number of para-hydroxylation sites is 1. The van der Waals surface area contributed by atoms with E-state index in [1.807, 2.05) is 24.3 Å². The van der Waals surface area contributed by atoms with Gasteiger partial charge in [0.1, 0.15) is 59.7 Å². The number of hydrogen-bond acceptors (Lipinski definition) is 16. The smallest absolute Gasteiger partial charge is 0.407 e. The number of fused-ring (bicyclic) bond motifs is 1. The molecule has 5 aromatic rings. The zero-order valence-corrected chi connectivity index (χ0v) is 54.0. The molecule has 1 aliphatic rings. The van der Waals surface area contributed by atoms with E-state index in [2.05, 4.69) is 70.8 Å². The van der Waals surface area contributed by atoms with Gasteiger partial charge in [-0.2, -0.15) is 12.6 Å². The van der Waals surface area contributed by atoms with Gasteiger partial charge >= 0.3 is 12.1 Å². The molecule has 1 aliphatic heterocycles. The van der Waals surface area contributed by atoms with E-state index in [0.29, 0.717) is 27.6 Å². The zero-order valence-electron chi connectivity index (χ0n) is 51.5. The van der Waals surface area contributed by atoms with Crippen molar-refractivity contribution in [2.24, 2.45) is 5.73 Å². The Bertz CT molecular complexity index is 3310. The third-order valence-electron chi connectivity index (χ3n) is 14.3. The first-order chi connectivity index (χ1) is 43.1. The number of aliphatic hydroxyl groups excluding tert-OH is 1. The zero-order chi connectivity index (χ0) is 66.4. The molecule has 25 nitrogen and oxygen atoms in total. The lowest BCUT2D eigenvalue weighted by Gasteiger charge is -2.31. The van der Waals surface area contributed by atoms with Gasteiger partial charge < -0.3 is 78.8 Å². The molecule has 1 saturated heterocycles. The van der Waals surface area contributed by atoms with E-state index in [0.717, 1.165) is 27.2 Å². The summed E-state index contributed by atoms with van der Waals surface area (Å²) in [7, 11) is 1.89. The van der Waals surface area contributed by atoms with Crippen LogP contribution in [0.25, 0.3) is 10.9 Å². The summed E-state index contributed by atoms with van der Waals surface area (Å²) in [6.45, 7) is 9.56. The number of urea groups is 1. The number of aromatic hydroxyl groups is 1. The Morgan fingerprint density at radius 1 is 0.681 bits per heavy atom. The normalized spacial score (nSPS) is 20.1. The highest BCUT2D eigenvalue weighted by molar-refractivity contribution is 8.76. The Morgan fingerprint density at radius 3 is 1.91 bits per heavy atom. The maximum absolute atomic E-state index is 15.2. The van der Waals surface area contributed by atoms with Crippen LogP contribution in [0.2, 0.25) is 0 Å². The van der Waals surface area contributed by atoms with Crippen molar-refractivity contribution in [2.45, 2.75) is 151 Å². The van der Waals surface area contributed by atoms with E-state index in [-0.39, 0.29) is 68.9 Å². The first-order valence-electron chi connectivity index (χ1n) is 29.6. The number of benzene rings is 4. The second kappa shape index (κ2) is 34.1. The number of carbonyl (C=O) groups excluding carboxylic acids is 10. The second-order valence-electron chi connectivity index (χ2n) is 23.5. The molecule has 11 amide bonds. The summed E-state index contributed by atoms with van der Waals surface area (Å²) in [4.78, 5) is 146. The van der Waals surface area contributed by atoms with Gasteiger partial charge in [-0.05, 0) is 101 Å². The van der Waals surface area contributed by atoms with Crippen LogP contribution in [0.15, 0.2) is 115 Å². The number of aliphatic hydroxyl groups is 1. The summed E-state index contributed by atoms with van der Waals surface area (Å²) in [6, 6.07) is 18.0. The molecule has 1 fully saturated rings. The predicted octanol–water partition coefficient (Wildman–Crippen LogP) is 2.83. The van der Waals surface area contributed by atoms with Crippen molar-refractivity contribution in [1.29, 1.82) is 0 Å². The Labute approximate surface area is 541 Å². The molecule has 4 aromatic carbocycles. The van der Waals surface area contributed by atoms with Crippen molar-refractivity contribution in [2.75, 3.05) is 18.1 Å². The number of carbonyl (C=O) groups is 10. The lowest BCUT2D eigenvalue weighted by Crippen LogP contribution is -2.63. The van der Waals surface area contributed by atoms with Crippen molar-refractivity contribution >= 4 is 105 Å². The number of aromatic nitrogens is 1. The molecule has 0 radical (unpaired) electrons. The highest BCUT2D eigenvalue weighted by Crippen LogP contribution is 2.26. The summed E-state index contributed by atoms with van der Waals surface area (Å²) in [5.74, 6) is -8.19. The van der Waals surface area contributed by atoms with Crippen LogP contribution >= 0.6 is 34.2 Å². The largest absolute Gasteiger partial charge is 0.508 e. The number of phenolic OH excluding ortho intramolecular Hbond substituents is 1. The molecular weight excluding hydrogens is 1230 g/mol. The molecule has 91 heavy (non-hydrogen) atoms. The Kier molecular flexibility index (Phi) is 26.8. The van der Waals surface area contributed by atoms with Gasteiger partial charge in [0, 0.05) is 65.7 Å². The highest BCUT2D eigenvalue weighted by Gasteiger charge is 2.39. The number of alkyl carbamates (subject to hydrolysis) is 1. The number of hydrogen-bond donors (Lipinski definition) is 15. The number of H-pyrrole nitrogens is 1. The number of amides is 11. The number of nitrogens with two attached hydrogens (primary N) is 1. The minimum atomic E-state index is -1.80. The minimum Gasteiger partial charge on any atom is -0.508 e. The first kappa shape index (κ1) is 71.6. The maximum atomic E-state index is 15.2. The second-order valence-corrected chi connectivity index (χ2v) is 27.2. The molecule has 6 rings (SSSR count). The number of phenols is 1. The first-order valence-corrected chi connectivity index (χ1v) is 32.6. The minimum absolute atomic E-state index is 0.0423. The number of rotatable bonds is 21. The van der Waals surface area contributed by atoms with Crippen molar-refractivity contribution in [3.8, 4) is 5.75 Å². The molecule has 15 N–H and O–H groups in total. The molecule has 2 heterocycles.